The van der Waals surface area contributed by atoms with Gasteiger partial charge in [-0.25, -0.2) is 23.5 Å². The van der Waals surface area contributed by atoms with Gasteiger partial charge in [-0.15, -0.1) is 0 Å². The van der Waals surface area contributed by atoms with Crippen LogP contribution >= 0.6 is 11.6 Å². The highest BCUT2D eigenvalue weighted by Gasteiger charge is 2.62. The maximum Gasteiger partial charge on any atom is 0.410 e. The minimum absolute atomic E-state index is 0.0283. The second kappa shape index (κ2) is 9.45. The molecule has 40 heavy (non-hydrogen) atoms. The van der Waals surface area contributed by atoms with Gasteiger partial charge in [0.05, 0.1) is 10.8 Å². The number of fused-ring (bicyclic) bond motifs is 2. The molecule has 0 saturated carbocycles. The maximum atomic E-state index is 15.5. The first-order valence-electron chi connectivity index (χ1n) is 13.7. The standard InChI is InChI=1S/C27H36ClF2N5O5/c1-24(2,3)40-23(36)34-11-8-27(29,30)26(14-34)7-10-33(13-26)12-17-18-19(39-25(4,5)38-18)22(37-17)35-9-6-16-20(28)31-15-32-21(16)35/h6,9,15,17-19,22H,7-8,10-14H2,1-5H3/t17-,18-,19-,22-,26?/m1/s1. The van der Waals surface area contributed by atoms with Crippen molar-refractivity contribution in [3.8, 4) is 0 Å². The highest BCUT2D eigenvalue weighted by molar-refractivity contribution is 6.33. The van der Waals surface area contributed by atoms with E-state index in [1.165, 1.54) is 11.2 Å². The highest BCUT2D eigenvalue weighted by atomic mass is 35.5. The lowest BCUT2D eigenvalue weighted by Gasteiger charge is -2.46. The van der Waals surface area contributed by atoms with Crippen molar-refractivity contribution >= 4 is 28.7 Å². The van der Waals surface area contributed by atoms with Crippen molar-refractivity contribution in [3.63, 3.8) is 0 Å². The van der Waals surface area contributed by atoms with Crippen molar-refractivity contribution in [2.24, 2.45) is 5.41 Å². The molecule has 4 saturated heterocycles. The number of alkyl halides is 2. The number of rotatable bonds is 3. The van der Waals surface area contributed by atoms with Gasteiger partial charge in [0.15, 0.2) is 12.0 Å². The number of piperidine rings is 1. The van der Waals surface area contributed by atoms with E-state index in [9.17, 15) is 4.79 Å². The van der Waals surface area contributed by atoms with Gasteiger partial charge in [0.1, 0.15) is 41.0 Å². The van der Waals surface area contributed by atoms with Crippen molar-refractivity contribution in [2.45, 2.75) is 89.3 Å². The van der Waals surface area contributed by atoms with E-state index in [4.69, 9.17) is 30.5 Å². The average molecular weight is 584 g/mol. The lowest BCUT2D eigenvalue weighted by Crippen LogP contribution is -2.58. The van der Waals surface area contributed by atoms with Gasteiger partial charge < -0.3 is 28.4 Å². The smallest absolute Gasteiger partial charge is 0.410 e. The Bertz CT molecular complexity index is 1300. The van der Waals surface area contributed by atoms with Crippen molar-refractivity contribution in [1.29, 1.82) is 0 Å². The quantitative estimate of drug-likeness (QED) is 0.489. The summed E-state index contributed by atoms with van der Waals surface area (Å²) >= 11 is 6.27. The van der Waals surface area contributed by atoms with Gasteiger partial charge in [-0.1, -0.05) is 11.6 Å². The monoisotopic (exact) mass is 583 g/mol. The molecule has 4 aliphatic rings. The lowest BCUT2D eigenvalue weighted by atomic mass is 9.75. The van der Waals surface area contributed by atoms with Crippen LogP contribution in [0.5, 0.6) is 0 Å². The zero-order chi connectivity index (χ0) is 28.7. The fourth-order valence-corrected chi connectivity index (χ4v) is 6.75. The first-order valence-corrected chi connectivity index (χ1v) is 14.1. The van der Waals surface area contributed by atoms with Crippen LogP contribution in [-0.4, -0.2) is 98.8 Å². The molecule has 4 fully saturated rings. The Labute approximate surface area is 236 Å². The summed E-state index contributed by atoms with van der Waals surface area (Å²) in [7, 11) is 0. The first-order chi connectivity index (χ1) is 18.7. The van der Waals surface area contributed by atoms with Crippen LogP contribution < -0.4 is 0 Å². The molecule has 1 amide bonds. The third-order valence-electron chi connectivity index (χ3n) is 8.35. The van der Waals surface area contributed by atoms with Gasteiger partial charge in [0.2, 0.25) is 0 Å². The third-order valence-corrected chi connectivity index (χ3v) is 8.65. The predicted octanol–water partition coefficient (Wildman–Crippen LogP) is 4.47. The van der Waals surface area contributed by atoms with Gasteiger partial charge >= 0.3 is 6.09 Å². The molecule has 1 unspecified atom stereocenters. The van der Waals surface area contributed by atoms with Crippen LogP contribution in [0.25, 0.3) is 11.0 Å². The number of hydrogen-bond acceptors (Lipinski definition) is 8. The fourth-order valence-electron chi connectivity index (χ4n) is 6.55. The van der Waals surface area contributed by atoms with Gasteiger partial charge in [-0.2, -0.15) is 0 Å². The van der Waals surface area contributed by atoms with Crippen molar-refractivity contribution < 1.29 is 32.5 Å². The molecule has 0 aromatic carbocycles. The normalized spacial score (nSPS) is 33.6. The van der Waals surface area contributed by atoms with E-state index in [1.807, 2.05) is 35.6 Å². The Morgan fingerprint density at radius 2 is 1.90 bits per heavy atom. The lowest BCUT2D eigenvalue weighted by molar-refractivity contribution is -0.198. The summed E-state index contributed by atoms with van der Waals surface area (Å²) < 4.78 is 57.3. The Balaban J connectivity index is 1.20. The molecule has 10 nitrogen and oxygen atoms in total. The number of likely N-dealkylation sites (tertiary alicyclic amines) is 2. The number of amides is 1. The topological polar surface area (TPSA) is 91.2 Å². The highest BCUT2D eigenvalue weighted by Crippen LogP contribution is 2.51. The summed E-state index contributed by atoms with van der Waals surface area (Å²) in [5.41, 5.74) is -1.43. The number of halogens is 3. The van der Waals surface area contributed by atoms with Gasteiger partial charge in [-0.05, 0) is 53.7 Å². The molecular formula is C27H36ClF2N5O5. The number of carbonyl (C=O) groups excluding carboxylic acids is 1. The van der Waals surface area contributed by atoms with Gasteiger partial charge in [0.25, 0.3) is 5.92 Å². The van der Waals surface area contributed by atoms with Crippen molar-refractivity contribution in [2.75, 3.05) is 32.7 Å². The molecular weight excluding hydrogens is 548 g/mol. The van der Waals surface area contributed by atoms with Gasteiger partial charge in [0, 0.05) is 38.8 Å². The second-order valence-corrected chi connectivity index (χ2v) is 13.2. The molecule has 0 bridgehead atoms. The number of aromatic nitrogens is 3. The largest absolute Gasteiger partial charge is 0.444 e. The van der Waals surface area contributed by atoms with Crippen LogP contribution in [0.15, 0.2) is 18.6 Å². The Morgan fingerprint density at radius 3 is 2.65 bits per heavy atom. The number of carbonyl (C=O) groups is 1. The van der Waals surface area contributed by atoms with Crippen LogP contribution in [0.3, 0.4) is 0 Å². The predicted molar refractivity (Wildman–Crippen MR) is 141 cm³/mol. The molecule has 0 aliphatic carbocycles. The zero-order valence-electron chi connectivity index (χ0n) is 23.4. The molecule has 0 radical (unpaired) electrons. The molecule has 2 aromatic rings. The summed E-state index contributed by atoms with van der Waals surface area (Å²) in [6.07, 6.45) is 0.755. The molecule has 6 heterocycles. The minimum Gasteiger partial charge on any atom is -0.444 e. The van der Waals surface area contributed by atoms with E-state index in [2.05, 4.69) is 9.97 Å². The number of hydrogen-bond donors (Lipinski definition) is 0. The van der Waals surface area contributed by atoms with E-state index >= 15 is 8.78 Å². The summed E-state index contributed by atoms with van der Waals surface area (Å²) in [5, 5.41) is 1.04. The minimum atomic E-state index is -2.90. The Hall–Kier alpha value is -2.12. The van der Waals surface area contributed by atoms with Crippen molar-refractivity contribution in [3.05, 3.63) is 23.7 Å². The molecule has 0 N–H and O–H groups in total. The molecule has 13 heteroatoms. The second-order valence-electron chi connectivity index (χ2n) is 12.9. The van der Waals surface area contributed by atoms with E-state index in [0.29, 0.717) is 29.3 Å². The summed E-state index contributed by atoms with van der Waals surface area (Å²) in [6, 6.07) is 1.83. The fraction of sp³-hybridized carbons (Fsp3) is 0.741. The van der Waals surface area contributed by atoms with Crippen molar-refractivity contribution in [1.82, 2.24) is 24.3 Å². The molecule has 220 valence electrons. The Morgan fingerprint density at radius 1 is 1.15 bits per heavy atom. The van der Waals surface area contributed by atoms with Crippen LogP contribution in [0.2, 0.25) is 5.15 Å². The molecule has 4 aliphatic heterocycles. The molecule has 2 aromatic heterocycles. The maximum absolute atomic E-state index is 15.5. The summed E-state index contributed by atoms with van der Waals surface area (Å²) in [5.74, 6) is -3.73. The van der Waals surface area contributed by atoms with Crippen LogP contribution in [0, 0.1) is 5.41 Å². The summed E-state index contributed by atoms with van der Waals surface area (Å²) in [4.78, 5) is 24.6. The van der Waals surface area contributed by atoms with Crippen LogP contribution in [0.4, 0.5) is 13.6 Å². The first kappa shape index (κ1) is 28.0. The molecule has 6 rings (SSSR count). The average Bonchev–Trinajstić information content (AvgIpc) is 3.59. The Kier molecular flexibility index (Phi) is 6.62. The number of ether oxygens (including phenoxy) is 4. The number of nitrogens with zero attached hydrogens (tertiary/aromatic N) is 5. The van der Waals surface area contributed by atoms with E-state index in [0.717, 1.165) is 0 Å². The van der Waals surface area contributed by atoms with Crippen LogP contribution in [-0.2, 0) is 18.9 Å². The van der Waals surface area contributed by atoms with Crippen LogP contribution in [0.1, 0.15) is 53.7 Å². The third kappa shape index (κ3) is 4.85. The van der Waals surface area contributed by atoms with Gasteiger partial charge in [-0.3, -0.25) is 4.90 Å². The SMILES string of the molecule is CC(C)(C)OC(=O)N1CCC(F)(F)C2(CCN(C[C@H]3O[C@@H](n4ccc5c(Cl)ncnc54)[C@@H]4OC(C)(C)O[C@@H]43)C2)C1. The molecule has 5 atom stereocenters. The van der Waals surface area contributed by atoms with E-state index in [-0.39, 0.29) is 32.5 Å². The summed E-state index contributed by atoms with van der Waals surface area (Å²) in [6.45, 7) is 9.92. The van der Waals surface area contributed by atoms with E-state index in [1.54, 1.807) is 20.8 Å². The zero-order valence-corrected chi connectivity index (χ0v) is 24.2. The van der Waals surface area contributed by atoms with E-state index < -0.39 is 53.4 Å². The molecule has 1 spiro atoms.